The van der Waals surface area contributed by atoms with Gasteiger partial charge in [-0.3, -0.25) is 4.98 Å². The van der Waals surface area contributed by atoms with Crippen LogP contribution in [-0.2, 0) is 10.3 Å². The molecule has 1 aliphatic heterocycles. The van der Waals surface area contributed by atoms with Crippen molar-refractivity contribution in [3.8, 4) is 11.1 Å². The van der Waals surface area contributed by atoms with Gasteiger partial charge in [0.2, 0.25) is 0 Å². The monoisotopic (exact) mass is 416 g/mol. The Morgan fingerprint density at radius 1 is 1.06 bits per heavy atom. The molecule has 0 saturated carbocycles. The van der Waals surface area contributed by atoms with Gasteiger partial charge in [0.15, 0.2) is 0 Å². The molecule has 31 heavy (non-hydrogen) atoms. The van der Waals surface area contributed by atoms with Crippen molar-refractivity contribution in [3.05, 3.63) is 90.3 Å². The predicted octanol–water partition coefficient (Wildman–Crippen LogP) is 5.32. The molecule has 0 spiro atoms. The van der Waals surface area contributed by atoms with Crippen LogP contribution in [0.4, 0.5) is 4.79 Å². The second kappa shape index (κ2) is 9.31. The van der Waals surface area contributed by atoms with E-state index in [1.165, 1.54) is 0 Å². The minimum absolute atomic E-state index is 0.0789. The lowest BCUT2D eigenvalue weighted by Gasteiger charge is -2.43. The first-order chi connectivity index (χ1) is 15.1. The topological polar surface area (TPSA) is 62.7 Å². The smallest absolute Gasteiger partial charge is 0.411 e. The van der Waals surface area contributed by atoms with Crippen molar-refractivity contribution in [2.75, 3.05) is 13.2 Å². The molecule has 160 valence electrons. The number of nitrogens with zero attached hydrogens (tertiary/aromatic N) is 2. The Morgan fingerprint density at radius 3 is 2.48 bits per heavy atom. The van der Waals surface area contributed by atoms with E-state index in [-0.39, 0.29) is 18.7 Å². The number of amides is 1. The van der Waals surface area contributed by atoms with E-state index in [1.807, 2.05) is 55.6 Å². The fourth-order valence-electron chi connectivity index (χ4n) is 4.32. The first-order valence-corrected chi connectivity index (χ1v) is 10.8. The van der Waals surface area contributed by atoms with Crippen molar-refractivity contribution in [2.45, 2.75) is 37.8 Å². The van der Waals surface area contributed by atoms with E-state index in [9.17, 15) is 9.90 Å². The fourth-order valence-corrected chi connectivity index (χ4v) is 4.32. The molecule has 5 heteroatoms. The van der Waals surface area contributed by atoms with Gasteiger partial charge in [0.1, 0.15) is 5.60 Å². The number of aliphatic hydroxyl groups excluding tert-OH is 1. The van der Waals surface area contributed by atoms with E-state index in [2.05, 4.69) is 29.2 Å². The largest absolute Gasteiger partial charge is 0.438 e. The molecule has 2 heterocycles. The van der Waals surface area contributed by atoms with Crippen molar-refractivity contribution in [1.82, 2.24) is 9.88 Å². The fraction of sp³-hybridized carbons (Fsp3) is 0.308. The van der Waals surface area contributed by atoms with Gasteiger partial charge in [-0.25, -0.2) is 4.79 Å². The summed E-state index contributed by atoms with van der Waals surface area (Å²) in [5.41, 5.74) is 3.53. The molecule has 5 nitrogen and oxygen atoms in total. The van der Waals surface area contributed by atoms with Gasteiger partial charge in [-0.1, -0.05) is 60.7 Å². The van der Waals surface area contributed by atoms with Crippen LogP contribution in [0.1, 0.15) is 43.4 Å². The summed E-state index contributed by atoms with van der Waals surface area (Å²) in [5.74, 6) is 0. The van der Waals surface area contributed by atoms with Gasteiger partial charge in [-0.15, -0.1) is 0 Å². The van der Waals surface area contributed by atoms with Gasteiger partial charge in [-0.05, 0) is 48.1 Å². The third-order valence-electron chi connectivity index (χ3n) is 6.17. The van der Waals surface area contributed by atoms with Crippen molar-refractivity contribution in [3.63, 3.8) is 0 Å². The second-order valence-corrected chi connectivity index (χ2v) is 8.04. The summed E-state index contributed by atoms with van der Waals surface area (Å²) in [4.78, 5) is 19.1. The van der Waals surface area contributed by atoms with Crippen molar-refractivity contribution in [2.24, 2.45) is 0 Å². The van der Waals surface area contributed by atoms with Crippen LogP contribution >= 0.6 is 0 Å². The summed E-state index contributed by atoms with van der Waals surface area (Å²) in [6, 6.07) is 22.0. The Bertz CT molecular complexity index is 992. The molecule has 0 aliphatic carbocycles. The third-order valence-corrected chi connectivity index (χ3v) is 6.17. The molecular formula is C26H28N2O3. The SMILES string of the molecule is CC(c1ccc(-c2cccnc2)cc1)N1CCC(CCCO)(c2ccccc2)OC1=O. The maximum absolute atomic E-state index is 13.1. The van der Waals surface area contributed by atoms with E-state index in [0.29, 0.717) is 25.8 Å². The Balaban J connectivity index is 1.51. The number of hydrogen-bond donors (Lipinski definition) is 1. The lowest BCUT2D eigenvalue weighted by molar-refractivity contribution is -0.0680. The molecule has 3 aromatic rings. The number of carbonyl (C=O) groups is 1. The molecule has 0 radical (unpaired) electrons. The zero-order chi connectivity index (χ0) is 21.7. The number of cyclic esters (lactones) is 1. The molecule has 0 bridgehead atoms. The first-order valence-electron chi connectivity index (χ1n) is 10.8. The summed E-state index contributed by atoms with van der Waals surface area (Å²) < 4.78 is 6.08. The highest BCUT2D eigenvalue weighted by Crippen LogP contribution is 2.40. The number of pyridine rings is 1. The highest BCUT2D eigenvalue weighted by molar-refractivity contribution is 5.70. The number of hydrogen-bond acceptors (Lipinski definition) is 4. The van der Waals surface area contributed by atoms with Gasteiger partial charge < -0.3 is 14.7 Å². The standard InChI is InChI=1S/C26H28N2O3/c1-20(21-10-12-22(13-11-21)23-7-5-16-27-19-23)28-17-15-26(14-6-18-29,31-25(28)30)24-8-3-2-4-9-24/h2-5,7-13,16,19-20,29H,6,14-15,17-18H2,1H3. The molecule has 1 N–H and O–H groups in total. The van der Waals surface area contributed by atoms with E-state index in [1.54, 1.807) is 11.1 Å². The number of benzene rings is 2. The Morgan fingerprint density at radius 2 is 1.84 bits per heavy atom. The van der Waals surface area contributed by atoms with Gasteiger partial charge in [0.25, 0.3) is 0 Å². The first kappa shape index (κ1) is 21.1. The van der Waals surface area contributed by atoms with Gasteiger partial charge in [0, 0.05) is 32.0 Å². The van der Waals surface area contributed by atoms with Crippen LogP contribution in [0.2, 0.25) is 0 Å². The lowest BCUT2D eigenvalue weighted by atomic mass is 9.84. The average molecular weight is 417 g/mol. The van der Waals surface area contributed by atoms with E-state index < -0.39 is 5.60 Å². The predicted molar refractivity (Wildman–Crippen MR) is 120 cm³/mol. The van der Waals surface area contributed by atoms with Crippen LogP contribution in [0, 0.1) is 0 Å². The van der Waals surface area contributed by atoms with Crippen LogP contribution in [-0.4, -0.2) is 34.2 Å². The number of carbonyl (C=O) groups excluding carboxylic acids is 1. The van der Waals surface area contributed by atoms with Crippen molar-refractivity contribution >= 4 is 6.09 Å². The maximum atomic E-state index is 13.1. The van der Waals surface area contributed by atoms with Crippen LogP contribution in [0.15, 0.2) is 79.1 Å². The number of aromatic nitrogens is 1. The van der Waals surface area contributed by atoms with E-state index in [4.69, 9.17) is 4.74 Å². The minimum Gasteiger partial charge on any atom is -0.438 e. The molecule has 2 unspecified atom stereocenters. The number of aliphatic hydroxyl groups is 1. The van der Waals surface area contributed by atoms with Crippen LogP contribution in [0.25, 0.3) is 11.1 Å². The lowest BCUT2D eigenvalue weighted by Crippen LogP contribution is -2.48. The van der Waals surface area contributed by atoms with Gasteiger partial charge >= 0.3 is 6.09 Å². The normalized spacial score (nSPS) is 19.7. The molecule has 1 saturated heterocycles. The highest BCUT2D eigenvalue weighted by Gasteiger charge is 2.43. The summed E-state index contributed by atoms with van der Waals surface area (Å²) in [5, 5.41) is 9.36. The molecule has 1 fully saturated rings. The summed E-state index contributed by atoms with van der Waals surface area (Å²) in [6.07, 6.45) is 5.20. The molecular weight excluding hydrogens is 388 g/mol. The molecule has 1 aliphatic rings. The molecule has 2 aromatic carbocycles. The molecule has 4 rings (SSSR count). The zero-order valence-corrected chi connectivity index (χ0v) is 17.8. The molecule has 2 atom stereocenters. The Kier molecular flexibility index (Phi) is 6.33. The molecule has 1 amide bonds. The highest BCUT2D eigenvalue weighted by atomic mass is 16.6. The number of rotatable bonds is 7. The summed E-state index contributed by atoms with van der Waals surface area (Å²) in [7, 11) is 0. The van der Waals surface area contributed by atoms with E-state index in [0.717, 1.165) is 22.3 Å². The van der Waals surface area contributed by atoms with Gasteiger partial charge in [0.05, 0.1) is 6.04 Å². The zero-order valence-electron chi connectivity index (χ0n) is 17.8. The van der Waals surface area contributed by atoms with E-state index >= 15 is 0 Å². The van der Waals surface area contributed by atoms with Crippen molar-refractivity contribution < 1.29 is 14.6 Å². The summed E-state index contributed by atoms with van der Waals surface area (Å²) >= 11 is 0. The molecule has 1 aromatic heterocycles. The van der Waals surface area contributed by atoms with Crippen molar-refractivity contribution in [1.29, 1.82) is 0 Å². The maximum Gasteiger partial charge on any atom is 0.411 e. The quantitative estimate of drug-likeness (QED) is 0.566. The average Bonchev–Trinajstić information content (AvgIpc) is 2.83. The number of ether oxygens (including phenoxy) is 1. The Hall–Kier alpha value is -3.18. The summed E-state index contributed by atoms with van der Waals surface area (Å²) in [6.45, 7) is 2.71. The van der Waals surface area contributed by atoms with Gasteiger partial charge in [-0.2, -0.15) is 0 Å². The van der Waals surface area contributed by atoms with Crippen LogP contribution in [0.3, 0.4) is 0 Å². The minimum atomic E-state index is -0.679. The second-order valence-electron chi connectivity index (χ2n) is 8.04. The van der Waals surface area contributed by atoms with Crippen LogP contribution < -0.4 is 0 Å². The Labute approximate surface area is 183 Å². The van der Waals surface area contributed by atoms with Crippen LogP contribution in [0.5, 0.6) is 0 Å². The third kappa shape index (κ3) is 4.47.